The minimum atomic E-state index is -5.22. The van der Waals surface area contributed by atoms with Crippen molar-refractivity contribution in [2.45, 2.75) is 50.9 Å². The summed E-state index contributed by atoms with van der Waals surface area (Å²) in [5, 5.41) is -0.558. The van der Waals surface area contributed by atoms with Crippen molar-refractivity contribution in [1.82, 2.24) is 9.62 Å². The van der Waals surface area contributed by atoms with E-state index < -0.39 is 45.4 Å². The Bertz CT molecular complexity index is 860. The summed E-state index contributed by atoms with van der Waals surface area (Å²) >= 11 is 0. The third-order valence-electron chi connectivity index (χ3n) is 3.88. The van der Waals surface area contributed by atoms with E-state index in [1.54, 1.807) is 0 Å². The zero-order chi connectivity index (χ0) is 22.0. The van der Waals surface area contributed by atoms with Crippen LogP contribution < -0.4 is 5.32 Å². The van der Waals surface area contributed by atoms with E-state index in [1.165, 1.54) is 0 Å². The molecule has 0 aromatic heterocycles. The Morgan fingerprint density at radius 2 is 2.23 bits per heavy atom. The predicted octanol–water partition coefficient (Wildman–Crippen LogP) is 0.438. The van der Waals surface area contributed by atoms with Gasteiger partial charge in [-0.1, -0.05) is 13.8 Å². The van der Waals surface area contributed by atoms with E-state index in [1.807, 2.05) is 13.8 Å². The van der Waals surface area contributed by atoms with E-state index in [4.69, 9.17) is 4.11 Å². The second-order valence-corrected chi connectivity index (χ2v) is 8.12. The lowest BCUT2D eigenvalue weighted by atomic mass is 10.1. The highest BCUT2D eigenvalue weighted by molar-refractivity contribution is 7.91. The number of dihydropyridines is 1. The molecule has 1 amide bonds. The van der Waals surface area contributed by atoms with Gasteiger partial charge < -0.3 is 5.32 Å². The number of nitrogens with zero attached hydrogens (tertiary/aromatic N) is 2. The van der Waals surface area contributed by atoms with Gasteiger partial charge in [-0.3, -0.25) is 19.4 Å². The number of carbonyl (C=O) groups excluding carboxylic acids is 3. The molecule has 1 N–H and O–H groups in total. The summed E-state index contributed by atoms with van der Waals surface area (Å²) < 4.78 is 51.5. The maximum absolute atomic E-state index is 13.4. The molecule has 0 aromatic carbocycles. The standard InChI is InChI=1S/C17H25N3O5S/c1-12(2)7-8-16(23)20(13-5-3-9-18-11-15(13)22)26(24,25)17-14(21)6-4-10-19-17/h4,6,10,12-13,17-18H,3,5,7-9,11H2,1-2H3/t13?,17-/m0/s1/i11D,13D,17D/t11?,13?,17-. The number of hydrogen-bond acceptors (Lipinski definition) is 7. The van der Waals surface area contributed by atoms with Crippen LogP contribution in [-0.2, 0) is 24.4 Å². The molecule has 2 unspecified atom stereocenters. The van der Waals surface area contributed by atoms with E-state index in [9.17, 15) is 22.8 Å². The quantitative estimate of drug-likeness (QED) is 0.709. The van der Waals surface area contributed by atoms with Crippen LogP contribution in [0, 0.1) is 5.92 Å². The lowest BCUT2D eigenvalue weighted by Gasteiger charge is -2.31. The minimum Gasteiger partial charge on any atom is -0.310 e. The van der Waals surface area contributed by atoms with Crippen molar-refractivity contribution in [2.75, 3.05) is 13.1 Å². The lowest BCUT2D eigenvalue weighted by molar-refractivity contribution is -0.134. The van der Waals surface area contributed by atoms with Crippen LogP contribution in [0.5, 0.6) is 0 Å². The Morgan fingerprint density at radius 3 is 2.88 bits per heavy atom. The SMILES string of the molecule is [2H]C1NCCCC([2H])(N(C(=O)CCC(C)C)S(=O)(=O)[C@]2([2H])N=CC=CC2=O)C1=O. The molecule has 0 radical (unpaired) electrons. The Hall–Kier alpha value is -1.87. The summed E-state index contributed by atoms with van der Waals surface area (Å²) in [6, 6.07) is -2.65. The van der Waals surface area contributed by atoms with Crippen LogP contribution in [0.2, 0.25) is 0 Å². The van der Waals surface area contributed by atoms with Crippen LogP contribution in [0.3, 0.4) is 0 Å². The van der Waals surface area contributed by atoms with Crippen molar-refractivity contribution >= 4 is 33.7 Å². The fourth-order valence-corrected chi connectivity index (χ4v) is 4.05. The van der Waals surface area contributed by atoms with Crippen LogP contribution in [0.15, 0.2) is 17.1 Å². The van der Waals surface area contributed by atoms with Crippen molar-refractivity contribution in [3.63, 3.8) is 0 Å². The summed E-state index contributed by atoms with van der Waals surface area (Å²) in [6.45, 7) is 2.20. The van der Waals surface area contributed by atoms with E-state index in [2.05, 4.69) is 10.3 Å². The predicted molar refractivity (Wildman–Crippen MR) is 97.2 cm³/mol. The van der Waals surface area contributed by atoms with Crippen LogP contribution >= 0.6 is 0 Å². The molecule has 3 atom stereocenters. The smallest absolute Gasteiger partial charge is 0.268 e. The second kappa shape index (κ2) is 8.68. The van der Waals surface area contributed by atoms with Gasteiger partial charge in [0.25, 0.3) is 10.0 Å². The fraction of sp³-hybridized carbons (Fsp3) is 0.647. The lowest BCUT2D eigenvalue weighted by Crippen LogP contribution is -2.53. The van der Waals surface area contributed by atoms with Crippen molar-refractivity contribution < 1.29 is 26.9 Å². The number of allylic oxidation sites excluding steroid dienone is 1. The van der Waals surface area contributed by atoms with Gasteiger partial charge in [0.1, 0.15) is 6.02 Å². The van der Waals surface area contributed by atoms with Crippen LogP contribution in [0.1, 0.15) is 43.6 Å². The molecule has 0 spiro atoms. The first-order chi connectivity index (χ1) is 13.4. The number of ketones is 2. The van der Waals surface area contributed by atoms with Gasteiger partial charge in [0.2, 0.25) is 11.3 Å². The summed E-state index contributed by atoms with van der Waals surface area (Å²) in [5.41, 5.74) is 0. The number of Topliss-reactive ketones (excluding diaryl/α,β-unsaturated/α-hetero) is 1. The Balaban J connectivity index is 2.63. The number of nitrogens with one attached hydrogen (secondary N) is 1. The molecule has 2 aliphatic rings. The average Bonchev–Trinajstić information content (AvgIpc) is 2.76. The Morgan fingerprint density at radius 1 is 1.50 bits per heavy atom. The molecule has 26 heavy (non-hydrogen) atoms. The van der Waals surface area contributed by atoms with Gasteiger partial charge in [0, 0.05) is 12.6 Å². The molecule has 0 aromatic rings. The number of sulfonamides is 1. The second-order valence-electron chi connectivity index (χ2n) is 6.42. The highest BCUT2D eigenvalue weighted by Gasteiger charge is 2.44. The third kappa shape index (κ3) is 4.64. The molecule has 2 heterocycles. The maximum Gasteiger partial charge on any atom is 0.268 e. The van der Waals surface area contributed by atoms with E-state index in [0.717, 1.165) is 18.4 Å². The highest BCUT2D eigenvalue weighted by atomic mass is 32.2. The van der Waals surface area contributed by atoms with Crippen LogP contribution in [0.25, 0.3) is 0 Å². The first-order valence-corrected chi connectivity index (χ1v) is 9.86. The topological polar surface area (TPSA) is 113 Å². The monoisotopic (exact) mass is 386 g/mol. The van der Waals surface area contributed by atoms with Gasteiger partial charge in [0.05, 0.1) is 10.6 Å². The number of hydrogen-bond donors (Lipinski definition) is 1. The van der Waals surface area contributed by atoms with Gasteiger partial charge >= 0.3 is 0 Å². The van der Waals surface area contributed by atoms with Gasteiger partial charge in [-0.15, -0.1) is 0 Å². The number of aliphatic imine (C=N–C) groups is 1. The van der Waals surface area contributed by atoms with E-state index in [-0.39, 0.29) is 42.5 Å². The van der Waals surface area contributed by atoms with Crippen LogP contribution in [0.4, 0.5) is 0 Å². The van der Waals surface area contributed by atoms with Gasteiger partial charge in [-0.25, -0.2) is 12.7 Å². The maximum atomic E-state index is 13.4. The first kappa shape index (κ1) is 16.3. The molecule has 9 heteroatoms. The summed E-state index contributed by atoms with van der Waals surface area (Å²) in [5.74, 6) is -3.38. The summed E-state index contributed by atoms with van der Waals surface area (Å²) in [6.07, 6.45) is 2.72. The van der Waals surface area contributed by atoms with Gasteiger partial charge in [-0.05, 0) is 43.9 Å². The van der Waals surface area contributed by atoms with Crippen molar-refractivity contribution in [3.8, 4) is 0 Å². The minimum absolute atomic E-state index is 0.0304. The van der Waals surface area contributed by atoms with E-state index in [0.29, 0.717) is 0 Å². The fourth-order valence-electron chi connectivity index (χ4n) is 2.53. The molecule has 1 fully saturated rings. The molecule has 0 saturated carbocycles. The molecule has 2 aliphatic heterocycles. The molecule has 144 valence electrons. The van der Waals surface area contributed by atoms with Crippen LogP contribution in [-0.4, -0.2) is 60.8 Å². The molecule has 0 aliphatic carbocycles. The molecular formula is C17H25N3O5S. The van der Waals surface area contributed by atoms with E-state index >= 15 is 0 Å². The molecule has 2 rings (SSSR count). The summed E-state index contributed by atoms with van der Waals surface area (Å²) in [7, 11) is -5.22. The summed E-state index contributed by atoms with van der Waals surface area (Å²) in [4.78, 5) is 41.5. The van der Waals surface area contributed by atoms with Gasteiger partial charge in [0.15, 0.2) is 11.6 Å². The number of amides is 1. The normalized spacial score (nSPS) is 34.1. The Kier molecular flexibility index (Phi) is 5.45. The highest BCUT2D eigenvalue weighted by Crippen LogP contribution is 2.23. The van der Waals surface area contributed by atoms with Gasteiger partial charge in [-0.2, -0.15) is 0 Å². The molecule has 0 bridgehead atoms. The van der Waals surface area contributed by atoms with Crippen molar-refractivity contribution in [3.05, 3.63) is 12.2 Å². The Labute approximate surface area is 158 Å². The first-order valence-electron chi connectivity index (χ1n) is 10.00. The third-order valence-corrected chi connectivity index (χ3v) is 5.58. The molecule has 1 saturated heterocycles. The number of rotatable bonds is 6. The zero-order valence-corrected chi connectivity index (χ0v) is 15.6. The van der Waals surface area contributed by atoms with Crippen molar-refractivity contribution in [2.24, 2.45) is 10.9 Å². The molecule has 8 nitrogen and oxygen atoms in total. The largest absolute Gasteiger partial charge is 0.310 e. The molecular weight excluding hydrogens is 358 g/mol. The zero-order valence-electron chi connectivity index (χ0n) is 17.8. The number of carbonyl (C=O) groups is 3. The van der Waals surface area contributed by atoms with Crippen molar-refractivity contribution in [1.29, 1.82) is 0 Å². The average molecular weight is 386 g/mol.